The molecule has 0 radical (unpaired) electrons. The number of sulfonamides is 1. The largest absolute Gasteiger partial charge is 0.378 e. The van der Waals surface area contributed by atoms with E-state index in [1.54, 1.807) is 18.2 Å². The molecule has 8 heteroatoms. The van der Waals surface area contributed by atoms with Gasteiger partial charge in [-0.15, -0.1) is 0 Å². The Kier molecular flexibility index (Phi) is 5.47. The predicted octanol–water partition coefficient (Wildman–Crippen LogP) is 3.00. The number of halogens is 3. The molecule has 4 nitrogen and oxygen atoms in total. The fraction of sp³-hybridized carbons (Fsp3) is 0.455. The maximum atomic E-state index is 12.7. The Labute approximate surface area is 137 Å². The summed E-state index contributed by atoms with van der Waals surface area (Å²) in [5.74, 6) is 0. The highest BCUT2D eigenvalue weighted by Crippen LogP contribution is 2.30. The molecule has 0 N–H and O–H groups in total. The average molecular weight is 478 g/mol. The molecule has 1 atom stereocenters. The zero-order chi connectivity index (χ0) is 14.0. The zero-order valence-electron chi connectivity index (χ0n) is 9.85. The van der Waals surface area contributed by atoms with Gasteiger partial charge < -0.3 is 4.74 Å². The second-order valence-electron chi connectivity index (χ2n) is 4.07. The summed E-state index contributed by atoms with van der Waals surface area (Å²) in [7, 11) is -3.53. The van der Waals surface area contributed by atoms with Crippen LogP contribution < -0.4 is 0 Å². The highest BCUT2D eigenvalue weighted by molar-refractivity contribution is 9.11. The molecular weight excluding hydrogens is 466 g/mol. The minimum atomic E-state index is -3.53. The van der Waals surface area contributed by atoms with E-state index in [1.165, 1.54) is 4.31 Å². The Morgan fingerprint density at radius 3 is 2.79 bits per heavy atom. The summed E-state index contributed by atoms with van der Waals surface area (Å²) < 4.78 is 33.6. The summed E-state index contributed by atoms with van der Waals surface area (Å²) >= 11 is 9.95. The molecular formula is C11H12Br3NO3S. The zero-order valence-corrected chi connectivity index (χ0v) is 15.4. The van der Waals surface area contributed by atoms with Crippen molar-refractivity contribution in [1.82, 2.24) is 4.31 Å². The second-order valence-corrected chi connectivity index (χ2v) is 8.35. The third kappa shape index (κ3) is 3.41. The van der Waals surface area contributed by atoms with Crippen LogP contribution in [0.25, 0.3) is 0 Å². The normalized spacial score (nSPS) is 21.5. The Hall–Kier alpha value is 0.530. The minimum absolute atomic E-state index is 0.176. The molecule has 0 aliphatic carbocycles. The predicted molar refractivity (Wildman–Crippen MR) is 84.1 cm³/mol. The molecule has 1 aromatic rings. The van der Waals surface area contributed by atoms with Crippen molar-refractivity contribution in [1.29, 1.82) is 0 Å². The van der Waals surface area contributed by atoms with Gasteiger partial charge in [0.1, 0.15) is 0 Å². The molecule has 1 aromatic carbocycles. The monoisotopic (exact) mass is 475 g/mol. The van der Waals surface area contributed by atoms with Gasteiger partial charge in [0, 0.05) is 20.8 Å². The molecule has 0 bridgehead atoms. The molecule has 106 valence electrons. The van der Waals surface area contributed by atoms with Gasteiger partial charge in [0.25, 0.3) is 0 Å². The van der Waals surface area contributed by atoms with Crippen LogP contribution in [0.4, 0.5) is 0 Å². The number of benzene rings is 1. The van der Waals surface area contributed by atoms with Gasteiger partial charge in [0.05, 0.1) is 24.2 Å². The van der Waals surface area contributed by atoms with Crippen molar-refractivity contribution in [3.8, 4) is 0 Å². The van der Waals surface area contributed by atoms with Crippen molar-refractivity contribution >= 4 is 57.8 Å². The van der Waals surface area contributed by atoms with Crippen molar-refractivity contribution in [3.63, 3.8) is 0 Å². The van der Waals surface area contributed by atoms with Gasteiger partial charge in [-0.2, -0.15) is 4.31 Å². The number of alkyl halides is 1. The first-order valence-corrected chi connectivity index (χ1v) is 9.72. The lowest BCUT2D eigenvalue weighted by Gasteiger charge is -2.33. The van der Waals surface area contributed by atoms with Gasteiger partial charge >= 0.3 is 0 Å². The number of morpholine rings is 1. The van der Waals surface area contributed by atoms with Crippen molar-refractivity contribution in [3.05, 3.63) is 27.1 Å². The summed E-state index contributed by atoms with van der Waals surface area (Å²) in [6.45, 7) is 1.21. The topological polar surface area (TPSA) is 46.6 Å². The van der Waals surface area contributed by atoms with Crippen molar-refractivity contribution in [2.45, 2.75) is 10.9 Å². The van der Waals surface area contributed by atoms with Crippen LogP contribution in [-0.2, 0) is 14.8 Å². The molecule has 19 heavy (non-hydrogen) atoms. The molecule has 0 spiro atoms. The van der Waals surface area contributed by atoms with Crippen molar-refractivity contribution < 1.29 is 13.2 Å². The highest BCUT2D eigenvalue weighted by atomic mass is 79.9. The van der Waals surface area contributed by atoms with Crippen LogP contribution >= 0.6 is 47.8 Å². The van der Waals surface area contributed by atoms with E-state index in [0.717, 1.165) is 4.47 Å². The Bertz CT molecular complexity index is 564. The van der Waals surface area contributed by atoms with E-state index < -0.39 is 10.0 Å². The van der Waals surface area contributed by atoms with Crippen LogP contribution in [0.2, 0.25) is 0 Å². The molecule has 1 aliphatic rings. The quantitative estimate of drug-likeness (QED) is 0.629. The second kappa shape index (κ2) is 6.53. The number of ether oxygens (including phenoxy) is 1. The fourth-order valence-corrected chi connectivity index (χ4v) is 5.67. The maximum Gasteiger partial charge on any atom is 0.244 e. The summed E-state index contributed by atoms with van der Waals surface area (Å²) in [6, 6.07) is 4.95. The molecule has 1 unspecified atom stereocenters. The first-order valence-electron chi connectivity index (χ1n) is 5.57. The van der Waals surface area contributed by atoms with Gasteiger partial charge in [0.15, 0.2) is 0 Å². The van der Waals surface area contributed by atoms with Crippen molar-refractivity contribution in [2.75, 3.05) is 25.1 Å². The SMILES string of the molecule is O=S(=O)(c1cc(Br)ccc1Br)N1CCOCC1CBr. The molecule has 0 amide bonds. The first-order chi connectivity index (χ1) is 8.96. The van der Waals surface area contributed by atoms with Crippen LogP contribution in [0.5, 0.6) is 0 Å². The van der Waals surface area contributed by atoms with E-state index in [2.05, 4.69) is 47.8 Å². The van der Waals surface area contributed by atoms with Gasteiger partial charge in [-0.3, -0.25) is 0 Å². The standard InChI is InChI=1S/C11H12Br3NO3S/c12-6-9-7-18-4-3-15(9)19(16,17)11-5-8(13)1-2-10(11)14/h1-2,5,9H,3-4,6-7H2. The highest BCUT2D eigenvalue weighted by Gasteiger charge is 2.34. The third-order valence-electron chi connectivity index (χ3n) is 2.83. The van der Waals surface area contributed by atoms with Crippen LogP contribution in [-0.4, -0.2) is 43.9 Å². The lowest BCUT2D eigenvalue weighted by molar-refractivity contribution is 0.0413. The molecule has 2 rings (SSSR count). The summed E-state index contributed by atoms with van der Waals surface area (Å²) in [5.41, 5.74) is 0. The molecule has 1 heterocycles. The van der Waals surface area contributed by atoms with Crippen LogP contribution in [0.1, 0.15) is 0 Å². The number of hydrogen-bond donors (Lipinski definition) is 0. The summed E-state index contributed by atoms with van der Waals surface area (Å²) in [4.78, 5) is 0.273. The lowest BCUT2D eigenvalue weighted by Crippen LogP contribution is -2.49. The number of hydrogen-bond acceptors (Lipinski definition) is 3. The van der Waals surface area contributed by atoms with E-state index in [0.29, 0.717) is 29.6 Å². The average Bonchev–Trinajstić information content (AvgIpc) is 2.41. The Morgan fingerprint density at radius 1 is 1.37 bits per heavy atom. The lowest BCUT2D eigenvalue weighted by atomic mass is 10.3. The minimum Gasteiger partial charge on any atom is -0.378 e. The molecule has 0 aromatic heterocycles. The number of rotatable bonds is 3. The first kappa shape index (κ1) is 15.9. The van der Waals surface area contributed by atoms with Crippen molar-refractivity contribution in [2.24, 2.45) is 0 Å². The molecule has 1 fully saturated rings. The molecule has 1 aliphatic heterocycles. The van der Waals surface area contributed by atoms with Crippen LogP contribution in [0, 0.1) is 0 Å². The summed E-state index contributed by atoms with van der Waals surface area (Å²) in [6.07, 6.45) is 0. The third-order valence-corrected chi connectivity index (χ3v) is 7.02. The van der Waals surface area contributed by atoms with E-state index in [-0.39, 0.29) is 10.9 Å². The smallest absolute Gasteiger partial charge is 0.244 e. The fourth-order valence-electron chi connectivity index (χ4n) is 1.88. The van der Waals surface area contributed by atoms with Gasteiger partial charge in [-0.05, 0) is 34.1 Å². The van der Waals surface area contributed by atoms with E-state index in [4.69, 9.17) is 4.74 Å². The molecule has 0 saturated carbocycles. The molecule has 1 saturated heterocycles. The van der Waals surface area contributed by atoms with E-state index in [9.17, 15) is 8.42 Å². The Morgan fingerprint density at radius 2 is 2.11 bits per heavy atom. The van der Waals surface area contributed by atoms with E-state index >= 15 is 0 Å². The van der Waals surface area contributed by atoms with Gasteiger partial charge in [-0.1, -0.05) is 31.9 Å². The van der Waals surface area contributed by atoms with Crippen LogP contribution in [0.15, 0.2) is 32.0 Å². The summed E-state index contributed by atoms with van der Waals surface area (Å²) in [5, 5.41) is 0.553. The van der Waals surface area contributed by atoms with Crippen LogP contribution in [0.3, 0.4) is 0 Å². The van der Waals surface area contributed by atoms with Gasteiger partial charge in [-0.25, -0.2) is 8.42 Å². The number of nitrogens with zero attached hydrogens (tertiary/aromatic N) is 1. The Balaban J connectivity index is 2.43. The van der Waals surface area contributed by atoms with E-state index in [1.807, 2.05) is 0 Å². The maximum absolute atomic E-state index is 12.7. The van der Waals surface area contributed by atoms with Gasteiger partial charge in [0.2, 0.25) is 10.0 Å².